The minimum absolute atomic E-state index is 0.306. The SMILES string of the molecule is CC(=O)C(=O)NNC(=O)c1cc2ccccc2[nH]1. The van der Waals surface area contributed by atoms with Gasteiger partial charge >= 0.3 is 5.91 Å². The van der Waals surface area contributed by atoms with Crippen molar-refractivity contribution in [3.8, 4) is 0 Å². The summed E-state index contributed by atoms with van der Waals surface area (Å²) in [6.45, 7) is 1.12. The minimum Gasteiger partial charge on any atom is -0.350 e. The first kappa shape index (κ1) is 11.8. The lowest BCUT2D eigenvalue weighted by Crippen LogP contribution is -2.44. The second-order valence-electron chi connectivity index (χ2n) is 3.73. The number of ketones is 1. The lowest BCUT2D eigenvalue weighted by molar-refractivity contribution is -0.137. The fraction of sp³-hybridized carbons (Fsp3) is 0.0833. The summed E-state index contributed by atoms with van der Waals surface area (Å²) in [5.74, 6) is -2.05. The van der Waals surface area contributed by atoms with Crippen molar-refractivity contribution in [1.29, 1.82) is 0 Å². The van der Waals surface area contributed by atoms with E-state index in [0.717, 1.165) is 17.8 Å². The number of nitrogens with one attached hydrogen (secondary N) is 3. The smallest absolute Gasteiger partial charge is 0.305 e. The number of hydrogen-bond donors (Lipinski definition) is 3. The van der Waals surface area contributed by atoms with Crippen molar-refractivity contribution < 1.29 is 14.4 Å². The number of aromatic amines is 1. The predicted molar refractivity (Wildman–Crippen MR) is 64.6 cm³/mol. The van der Waals surface area contributed by atoms with Gasteiger partial charge in [-0.1, -0.05) is 18.2 Å². The summed E-state index contributed by atoms with van der Waals surface area (Å²) in [5.41, 5.74) is 5.29. The van der Waals surface area contributed by atoms with Crippen LogP contribution in [0.25, 0.3) is 10.9 Å². The Morgan fingerprint density at radius 2 is 1.83 bits per heavy atom. The van der Waals surface area contributed by atoms with Crippen molar-refractivity contribution in [3.05, 3.63) is 36.0 Å². The molecule has 0 saturated carbocycles. The molecule has 0 aliphatic rings. The molecule has 0 fully saturated rings. The number of para-hydroxylation sites is 1. The molecular weight excluding hydrogens is 234 g/mol. The van der Waals surface area contributed by atoms with E-state index in [1.54, 1.807) is 6.07 Å². The lowest BCUT2D eigenvalue weighted by atomic mass is 10.2. The number of carbonyl (C=O) groups excluding carboxylic acids is 3. The Morgan fingerprint density at radius 1 is 1.11 bits per heavy atom. The molecule has 92 valence electrons. The maximum absolute atomic E-state index is 11.7. The van der Waals surface area contributed by atoms with Crippen molar-refractivity contribution in [1.82, 2.24) is 15.8 Å². The largest absolute Gasteiger partial charge is 0.350 e. The summed E-state index contributed by atoms with van der Waals surface area (Å²) in [7, 11) is 0. The summed E-state index contributed by atoms with van der Waals surface area (Å²) in [5, 5.41) is 0.889. The van der Waals surface area contributed by atoms with Crippen molar-refractivity contribution in [2.24, 2.45) is 0 Å². The number of hydrogen-bond acceptors (Lipinski definition) is 3. The molecule has 0 radical (unpaired) electrons. The molecule has 2 aromatic rings. The molecule has 1 heterocycles. The van der Waals surface area contributed by atoms with Crippen LogP contribution in [0.2, 0.25) is 0 Å². The second kappa shape index (κ2) is 4.70. The second-order valence-corrected chi connectivity index (χ2v) is 3.73. The molecule has 1 aromatic heterocycles. The van der Waals surface area contributed by atoms with Crippen LogP contribution in [0.3, 0.4) is 0 Å². The van der Waals surface area contributed by atoms with Crippen LogP contribution in [0.5, 0.6) is 0 Å². The van der Waals surface area contributed by atoms with E-state index in [9.17, 15) is 14.4 Å². The van der Waals surface area contributed by atoms with E-state index in [1.807, 2.05) is 29.7 Å². The number of benzene rings is 1. The molecule has 0 aliphatic carbocycles. The Labute approximate surface area is 102 Å². The van der Waals surface area contributed by atoms with Gasteiger partial charge < -0.3 is 4.98 Å². The highest BCUT2D eigenvalue weighted by Gasteiger charge is 2.12. The van der Waals surface area contributed by atoms with Crippen molar-refractivity contribution in [3.63, 3.8) is 0 Å². The summed E-state index contributed by atoms with van der Waals surface area (Å²) in [6.07, 6.45) is 0. The molecule has 6 heteroatoms. The van der Waals surface area contributed by atoms with Gasteiger partial charge in [-0.3, -0.25) is 25.2 Å². The predicted octanol–water partition coefficient (Wildman–Crippen LogP) is 0.518. The average Bonchev–Trinajstić information content (AvgIpc) is 2.79. The van der Waals surface area contributed by atoms with Crippen LogP contribution >= 0.6 is 0 Å². The number of Topliss-reactive ketones (excluding diaryl/α,β-unsaturated/α-hetero) is 1. The molecule has 18 heavy (non-hydrogen) atoms. The number of fused-ring (bicyclic) bond motifs is 1. The Balaban J connectivity index is 2.09. The molecule has 2 amide bonds. The third-order valence-electron chi connectivity index (χ3n) is 2.38. The summed E-state index contributed by atoms with van der Waals surface area (Å²) >= 11 is 0. The molecular formula is C12H11N3O3. The molecule has 0 spiro atoms. The van der Waals surface area contributed by atoms with E-state index in [0.29, 0.717) is 5.69 Å². The number of rotatable bonds is 2. The Hall–Kier alpha value is -2.63. The van der Waals surface area contributed by atoms with E-state index >= 15 is 0 Å². The summed E-state index contributed by atoms with van der Waals surface area (Å²) in [6, 6.07) is 9.05. The molecule has 3 N–H and O–H groups in total. The topological polar surface area (TPSA) is 91.1 Å². The van der Waals surface area contributed by atoms with Crippen LogP contribution in [-0.4, -0.2) is 22.6 Å². The highest BCUT2D eigenvalue weighted by Crippen LogP contribution is 2.14. The molecule has 0 bridgehead atoms. The fourth-order valence-corrected chi connectivity index (χ4v) is 1.46. The zero-order valence-electron chi connectivity index (χ0n) is 9.61. The molecule has 0 atom stereocenters. The van der Waals surface area contributed by atoms with Gasteiger partial charge in [-0.15, -0.1) is 0 Å². The first-order chi connectivity index (χ1) is 8.58. The van der Waals surface area contributed by atoms with Crippen LogP contribution in [0.15, 0.2) is 30.3 Å². The molecule has 0 saturated heterocycles. The molecule has 0 aliphatic heterocycles. The zero-order valence-corrected chi connectivity index (χ0v) is 9.61. The Morgan fingerprint density at radius 3 is 2.50 bits per heavy atom. The highest BCUT2D eigenvalue weighted by atomic mass is 16.2. The van der Waals surface area contributed by atoms with E-state index in [1.165, 1.54) is 0 Å². The van der Waals surface area contributed by atoms with Crippen molar-refractivity contribution >= 4 is 28.5 Å². The molecule has 1 aromatic carbocycles. The highest BCUT2D eigenvalue weighted by molar-refractivity contribution is 6.35. The molecule has 0 unspecified atom stereocenters. The van der Waals surface area contributed by atoms with Gasteiger partial charge in [0.05, 0.1) is 0 Å². The van der Waals surface area contributed by atoms with Gasteiger partial charge in [0.2, 0.25) is 5.78 Å². The minimum atomic E-state index is -0.862. The van der Waals surface area contributed by atoms with Gasteiger partial charge in [-0.25, -0.2) is 0 Å². The Kier molecular flexibility index (Phi) is 3.09. The molecule has 2 rings (SSSR count). The normalized spacial score (nSPS) is 10.1. The fourth-order valence-electron chi connectivity index (χ4n) is 1.46. The van der Waals surface area contributed by atoms with Gasteiger partial charge in [-0.05, 0) is 12.1 Å². The van der Waals surface area contributed by atoms with Crippen LogP contribution in [0.4, 0.5) is 0 Å². The van der Waals surface area contributed by atoms with Gasteiger partial charge in [0, 0.05) is 17.8 Å². The quantitative estimate of drug-likeness (QED) is 0.532. The van der Waals surface area contributed by atoms with Crippen molar-refractivity contribution in [2.75, 3.05) is 0 Å². The molecule has 6 nitrogen and oxygen atoms in total. The number of H-pyrrole nitrogens is 1. The maximum atomic E-state index is 11.7. The number of hydrazine groups is 1. The number of aromatic nitrogens is 1. The standard InChI is InChI=1S/C12H11N3O3/c1-7(16)11(17)14-15-12(18)10-6-8-4-2-3-5-9(8)13-10/h2-6,13H,1H3,(H,14,17)(H,15,18). The third-order valence-corrected chi connectivity index (χ3v) is 2.38. The van der Waals surface area contributed by atoms with Gasteiger partial charge in [-0.2, -0.15) is 0 Å². The van der Waals surface area contributed by atoms with Gasteiger partial charge in [0.1, 0.15) is 5.69 Å². The summed E-state index contributed by atoms with van der Waals surface area (Å²) < 4.78 is 0. The van der Waals surface area contributed by atoms with E-state index < -0.39 is 17.6 Å². The Bertz CT molecular complexity index is 597. The first-order valence-corrected chi connectivity index (χ1v) is 5.27. The van der Waals surface area contributed by atoms with Crippen LogP contribution in [0, 0.1) is 0 Å². The number of amides is 2. The third kappa shape index (κ3) is 2.37. The van der Waals surface area contributed by atoms with Gasteiger partial charge in [0.25, 0.3) is 5.91 Å². The van der Waals surface area contributed by atoms with Crippen LogP contribution in [-0.2, 0) is 9.59 Å². The van der Waals surface area contributed by atoms with E-state index in [-0.39, 0.29) is 0 Å². The lowest BCUT2D eigenvalue weighted by Gasteiger charge is -2.03. The van der Waals surface area contributed by atoms with E-state index in [2.05, 4.69) is 10.4 Å². The zero-order chi connectivity index (χ0) is 13.1. The van der Waals surface area contributed by atoms with E-state index in [4.69, 9.17) is 0 Å². The van der Waals surface area contributed by atoms with Crippen molar-refractivity contribution in [2.45, 2.75) is 6.92 Å². The number of carbonyl (C=O) groups is 3. The van der Waals surface area contributed by atoms with Crippen LogP contribution in [0.1, 0.15) is 17.4 Å². The first-order valence-electron chi connectivity index (χ1n) is 5.27. The summed E-state index contributed by atoms with van der Waals surface area (Å²) in [4.78, 5) is 36.2. The maximum Gasteiger partial charge on any atom is 0.305 e. The monoisotopic (exact) mass is 245 g/mol. The van der Waals surface area contributed by atoms with Gasteiger partial charge in [0.15, 0.2) is 0 Å². The average molecular weight is 245 g/mol. The van der Waals surface area contributed by atoms with Crippen LogP contribution < -0.4 is 10.9 Å².